The number of hydrogen-bond acceptors (Lipinski definition) is 6. The first-order valence-electron chi connectivity index (χ1n) is 12.4. The van der Waals surface area contributed by atoms with Crippen LogP contribution in [0.1, 0.15) is 56.9 Å². The zero-order chi connectivity index (χ0) is 26.4. The van der Waals surface area contributed by atoms with E-state index in [1.807, 2.05) is 6.07 Å². The minimum Gasteiger partial charge on any atom is -0.334 e. The van der Waals surface area contributed by atoms with Gasteiger partial charge < -0.3 is 10.2 Å². The fraction of sp³-hybridized carbons (Fsp3) is 0.423. The molecule has 10 nitrogen and oxygen atoms in total. The van der Waals surface area contributed by atoms with Crippen LogP contribution in [0.5, 0.6) is 0 Å². The van der Waals surface area contributed by atoms with Crippen molar-refractivity contribution in [1.29, 1.82) is 5.26 Å². The predicted molar refractivity (Wildman–Crippen MR) is 141 cm³/mol. The highest BCUT2D eigenvalue weighted by Gasteiger charge is 2.33. The first-order chi connectivity index (χ1) is 17.9. The standard InChI is InChI=1S/C26H29N5O5S/c27-18-19-8-7-11-22(16-19)30(21-9-3-1-2-4-10-21)26(32)28-20-14-15-29(25(17-20)37(35)36)23-12-5-6-13-24(23)31(33)34/h5-8,11-13,16,20-21H,1-4,9-10,14-15,17H2,(H,28,32). The number of carbonyl (C=O) groups excluding carboxylic acids is 1. The van der Waals surface area contributed by atoms with Gasteiger partial charge in [0, 0.05) is 36.8 Å². The Hall–Kier alpha value is -3.91. The molecule has 1 saturated heterocycles. The fourth-order valence-electron chi connectivity index (χ4n) is 5.19. The van der Waals surface area contributed by atoms with Crippen molar-refractivity contribution in [3.63, 3.8) is 0 Å². The molecule has 11 heteroatoms. The van der Waals surface area contributed by atoms with E-state index in [9.17, 15) is 28.6 Å². The van der Waals surface area contributed by atoms with Crippen LogP contribution >= 0.6 is 0 Å². The van der Waals surface area contributed by atoms with Crippen molar-refractivity contribution in [2.24, 2.45) is 0 Å². The molecule has 1 aliphatic carbocycles. The minimum atomic E-state index is -2.63. The maximum absolute atomic E-state index is 13.7. The Labute approximate surface area is 217 Å². The highest BCUT2D eigenvalue weighted by atomic mass is 32.2. The summed E-state index contributed by atoms with van der Waals surface area (Å²) in [5.74, 6) is 0. The number of nitro benzene ring substituents is 1. The van der Waals surface area contributed by atoms with Gasteiger partial charge in [-0.15, -0.1) is 0 Å². The van der Waals surface area contributed by atoms with Crippen LogP contribution in [0.25, 0.3) is 0 Å². The van der Waals surface area contributed by atoms with Crippen molar-refractivity contribution in [3.05, 3.63) is 64.2 Å². The molecule has 1 saturated carbocycles. The van der Waals surface area contributed by atoms with E-state index in [0.29, 0.717) is 17.7 Å². The summed E-state index contributed by atoms with van der Waals surface area (Å²) in [7, 11) is -2.63. The van der Waals surface area contributed by atoms with Crippen molar-refractivity contribution >= 4 is 38.4 Å². The molecule has 2 aromatic carbocycles. The van der Waals surface area contributed by atoms with Gasteiger partial charge in [0.25, 0.3) is 5.69 Å². The van der Waals surface area contributed by atoms with Crippen LogP contribution in [-0.4, -0.2) is 43.0 Å². The Morgan fingerprint density at radius 1 is 1.08 bits per heavy atom. The van der Waals surface area contributed by atoms with E-state index in [2.05, 4.69) is 11.4 Å². The van der Waals surface area contributed by atoms with Gasteiger partial charge in [-0.05, 0) is 43.5 Å². The normalized spacial score (nSPS) is 18.4. The lowest BCUT2D eigenvalue weighted by atomic mass is 10.0. The lowest BCUT2D eigenvalue weighted by Gasteiger charge is -2.36. The van der Waals surface area contributed by atoms with Gasteiger partial charge in [0.05, 0.1) is 16.6 Å². The van der Waals surface area contributed by atoms with Crippen LogP contribution in [0.3, 0.4) is 0 Å². The summed E-state index contributed by atoms with van der Waals surface area (Å²) in [6.45, 7) is 0.201. The molecule has 2 fully saturated rings. The van der Waals surface area contributed by atoms with E-state index in [1.54, 1.807) is 29.2 Å². The topological polar surface area (TPSA) is 137 Å². The van der Waals surface area contributed by atoms with Gasteiger partial charge in [0.2, 0.25) is 10.3 Å². The molecule has 1 aliphatic heterocycles. The molecule has 4 rings (SSSR count). The van der Waals surface area contributed by atoms with E-state index >= 15 is 0 Å². The van der Waals surface area contributed by atoms with Crippen LogP contribution in [0.2, 0.25) is 0 Å². The third kappa shape index (κ3) is 6.09. The van der Waals surface area contributed by atoms with Gasteiger partial charge >= 0.3 is 6.03 Å². The number of carbonyl (C=O) groups is 1. The zero-order valence-corrected chi connectivity index (χ0v) is 21.2. The lowest BCUT2D eigenvalue weighted by Crippen LogP contribution is -2.53. The number of piperidine rings is 1. The summed E-state index contributed by atoms with van der Waals surface area (Å²) in [6.07, 6.45) is 6.37. The molecule has 0 aromatic heterocycles. The summed E-state index contributed by atoms with van der Waals surface area (Å²) in [5.41, 5.74) is 1.13. The lowest BCUT2D eigenvalue weighted by molar-refractivity contribution is -0.384. The van der Waals surface area contributed by atoms with Crippen molar-refractivity contribution in [1.82, 2.24) is 5.32 Å². The number of benzene rings is 2. The molecular formula is C26H29N5O5S. The van der Waals surface area contributed by atoms with Crippen LogP contribution in [-0.2, 0) is 10.3 Å². The monoisotopic (exact) mass is 523 g/mol. The first-order valence-corrected chi connectivity index (χ1v) is 13.5. The molecule has 194 valence electrons. The van der Waals surface area contributed by atoms with E-state index in [-0.39, 0.29) is 41.4 Å². The van der Waals surface area contributed by atoms with Crippen molar-refractivity contribution in [2.75, 3.05) is 16.3 Å². The van der Waals surface area contributed by atoms with E-state index in [1.165, 1.54) is 23.1 Å². The molecule has 2 aromatic rings. The number of amides is 2. The second-order valence-corrected chi connectivity index (χ2v) is 10.3. The molecule has 1 atom stereocenters. The van der Waals surface area contributed by atoms with Gasteiger partial charge in [0.15, 0.2) is 0 Å². The van der Waals surface area contributed by atoms with Crippen molar-refractivity contribution < 1.29 is 18.1 Å². The van der Waals surface area contributed by atoms with Gasteiger partial charge in [-0.25, -0.2) is 4.79 Å². The average molecular weight is 524 g/mol. The number of nitro groups is 1. The van der Waals surface area contributed by atoms with Gasteiger partial charge in [-0.3, -0.25) is 15.0 Å². The Morgan fingerprint density at radius 2 is 1.81 bits per heavy atom. The number of nitrogens with one attached hydrogen (secondary N) is 1. The van der Waals surface area contributed by atoms with E-state index in [4.69, 9.17) is 0 Å². The summed E-state index contributed by atoms with van der Waals surface area (Å²) < 4.78 is 24.3. The molecule has 0 spiro atoms. The summed E-state index contributed by atoms with van der Waals surface area (Å²) in [5, 5.41) is 23.9. The van der Waals surface area contributed by atoms with E-state index in [0.717, 1.165) is 38.5 Å². The molecule has 1 unspecified atom stereocenters. The Morgan fingerprint density at radius 3 is 2.49 bits per heavy atom. The van der Waals surface area contributed by atoms with Crippen molar-refractivity contribution in [2.45, 2.75) is 63.5 Å². The molecule has 1 N–H and O–H groups in total. The maximum Gasteiger partial charge on any atom is 0.322 e. The van der Waals surface area contributed by atoms with Gasteiger partial charge in [-0.1, -0.05) is 43.9 Å². The van der Waals surface area contributed by atoms with Crippen LogP contribution in [0.15, 0.2) is 48.5 Å². The molecule has 0 radical (unpaired) electrons. The van der Waals surface area contributed by atoms with Crippen LogP contribution in [0, 0.1) is 21.4 Å². The zero-order valence-electron chi connectivity index (χ0n) is 20.4. The average Bonchev–Trinajstić information content (AvgIpc) is 3.18. The number of hydrogen-bond donors (Lipinski definition) is 1. The van der Waals surface area contributed by atoms with E-state index < -0.39 is 21.3 Å². The summed E-state index contributed by atoms with van der Waals surface area (Å²) in [4.78, 5) is 27.8. The molecule has 37 heavy (non-hydrogen) atoms. The number of urea groups is 1. The molecular weight excluding hydrogens is 494 g/mol. The highest BCUT2D eigenvalue weighted by Crippen LogP contribution is 2.32. The smallest absolute Gasteiger partial charge is 0.322 e. The van der Waals surface area contributed by atoms with Crippen molar-refractivity contribution in [3.8, 4) is 6.07 Å². The van der Waals surface area contributed by atoms with Crippen LogP contribution in [0.4, 0.5) is 21.9 Å². The molecule has 0 bridgehead atoms. The fourth-order valence-corrected chi connectivity index (χ4v) is 5.90. The second kappa shape index (κ2) is 11.9. The van der Waals surface area contributed by atoms with Gasteiger partial charge in [0.1, 0.15) is 10.7 Å². The maximum atomic E-state index is 13.7. The third-order valence-electron chi connectivity index (χ3n) is 6.97. The Bertz CT molecular complexity index is 1340. The van der Waals surface area contributed by atoms with Gasteiger partial charge in [-0.2, -0.15) is 13.7 Å². The second-order valence-electron chi connectivity index (χ2n) is 9.34. The minimum absolute atomic E-state index is 0.00153. The number of rotatable bonds is 5. The SMILES string of the molecule is N#Cc1cccc(N(C(=O)NC2CCN(c3ccccc3[N+](=O)[O-])C(=S(=O)=O)C2)C2CCCCCC2)c1. The molecule has 1 heterocycles. The number of nitriles is 1. The first kappa shape index (κ1) is 26.2. The highest BCUT2D eigenvalue weighted by molar-refractivity contribution is 7.73. The molecule has 2 amide bonds. The predicted octanol–water partition coefficient (Wildman–Crippen LogP) is 4.38. The van der Waals surface area contributed by atoms with Crippen LogP contribution < -0.4 is 15.1 Å². The Balaban J connectivity index is 1.58. The summed E-state index contributed by atoms with van der Waals surface area (Å²) in [6, 6.07) is 14.3. The number of anilines is 2. The summed E-state index contributed by atoms with van der Waals surface area (Å²) >= 11 is 0. The Kier molecular flexibility index (Phi) is 8.40. The third-order valence-corrected chi connectivity index (χ3v) is 7.75. The quantitative estimate of drug-likeness (QED) is 0.266. The molecule has 2 aliphatic rings. The number of nitrogens with zero attached hydrogens (tertiary/aromatic N) is 4. The largest absolute Gasteiger partial charge is 0.334 e. The number of para-hydroxylation sites is 2.